The quantitative estimate of drug-likeness (QED) is 0.757. The van der Waals surface area contributed by atoms with Gasteiger partial charge in [0.2, 0.25) is 5.91 Å². The SMILES string of the molecule is CN(C(=O)CCn1cnnn1)[C@H]1CCCN(CCc2ccccc2)C1. The molecule has 0 bridgehead atoms. The molecular formula is C18H26N6O. The van der Waals surface area contributed by atoms with E-state index in [1.54, 1.807) is 11.0 Å². The van der Waals surface area contributed by atoms with Crippen LogP contribution in [0.2, 0.25) is 0 Å². The zero-order chi connectivity index (χ0) is 17.5. The van der Waals surface area contributed by atoms with Gasteiger partial charge >= 0.3 is 0 Å². The molecule has 1 atom stereocenters. The molecule has 0 saturated carbocycles. The van der Waals surface area contributed by atoms with Crippen LogP contribution in [0, 0.1) is 0 Å². The second-order valence-electron chi connectivity index (χ2n) is 6.66. The molecule has 0 spiro atoms. The van der Waals surface area contributed by atoms with E-state index in [9.17, 15) is 4.79 Å². The Morgan fingerprint density at radius 2 is 2.12 bits per heavy atom. The van der Waals surface area contributed by atoms with E-state index in [1.807, 2.05) is 11.9 Å². The van der Waals surface area contributed by atoms with Crippen molar-refractivity contribution in [2.45, 2.75) is 38.3 Å². The molecule has 1 aromatic heterocycles. The van der Waals surface area contributed by atoms with Crippen LogP contribution in [0.5, 0.6) is 0 Å². The lowest BCUT2D eigenvalue weighted by atomic mass is 10.0. The molecule has 1 aromatic carbocycles. The second kappa shape index (κ2) is 8.71. The highest BCUT2D eigenvalue weighted by Crippen LogP contribution is 2.16. The Morgan fingerprint density at radius 3 is 2.88 bits per heavy atom. The normalized spacial score (nSPS) is 18.2. The third-order valence-corrected chi connectivity index (χ3v) is 4.93. The Morgan fingerprint density at radius 1 is 1.28 bits per heavy atom. The second-order valence-corrected chi connectivity index (χ2v) is 6.66. The monoisotopic (exact) mass is 342 g/mol. The van der Waals surface area contributed by atoms with Gasteiger partial charge in [-0.2, -0.15) is 0 Å². The van der Waals surface area contributed by atoms with Gasteiger partial charge in [0.15, 0.2) is 0 Å². The summed E-state index contributed by atoms with van der Waals surface area (Å²) in [6, 6.07) is 10.9. The lowest BCUT2D eigenvalue weighted by molar-refractivity contribution is -0.133. The zero-order valence-corrected chi connectivity index (χ0v) is 14.8. The van der Waals surface area contributed by atoms with Crippen LogP contribution in [0.25, 0.3) is 0 Å². The highest BCUT2D eigenvalue weighted by molar-refractivity contribution is 5.76. The molecule has 7 heteroatoms. The molecule has 0 unspecified atom stereocenters. The van der Waals surface area contributed by atoms with Gasteiger partial charge in [-0.3, -0.25) is 4.79 Å². The highest BCUT2D eigenvalue weighted by Gasteiger charge is 2.25. The number of likely N-dealkylation sites (tertiary alicyclic amines) is 1. The van der Waals surface area contributed by atoms with Gasteiger partial charge in [-0.1, -0.05) is 30.3 Å². The summed E-state index contributed by atoms with van der Waals surface area (Å²) < 4.78 is 1.60. The Kier molecular flexibility index (Phi) is 6.11. The Hall–Kier alpha value is -2.28. The number of tetrazole rings is 1. The summed E-state index contributed by atoms with van der Waals surface area (Å²) >= 11 is 0. The lowest BCUT2D eigenvalue weighted by Gasteiger charge is -2.37. The summed E-state index contributed by atoms with van der Waals surface area (Å²) in [5.41, 5.74) is 1.37. The number of carbonyl (C=O) groups excluding carboxylic acids is 1. The average Bonchev–Trinajstić information content (AvgIpc) is 3.18. The van der Waals surface area contributed by atoms with Gasteiger partial charge in [0.25, 0.3) is 0 Å². The number of piperidine rings is 1. The number of aryl methyl sites for hydroxylation is 1. The summed E-state index contributed by atoms with van der Waals surface area (Å²) in [5.74, 6) is 0.158. The van der Waals surface area contributed by atoms with Crippen molar-refractivity contribution in [2.75, 3.05) is 26.7 Å². The fraction of sp³-hybridized carbons (Fsp3) is 0.556. The molecule has 1 fully saturated rings. The van der Waals surface area contributed by atoms with Crippen LogP contribution in [0.4, 0.5) is 0 Å². The van der Waals surface area contributed by atoms with E-state index in [1.165, 1.54) is 5.56 Å². The predicted molar refractivity (Wildman–Crippen MR) is 94.8 cm³/mol. The van der Waals surface area contributed by atoms with Crippen LogP contribution in [-0.4, -0.2) is 68.6 Å². The van der Waals surface area contributed by atoms with Crippen LogP contribution in [0.1, 0.15) is 24.8 Å². The van der Waals surface area contributed by atoms with Gasteiger partial charge in [0, 0.05) is 32.6 Å². The lowest BCUT2D eigenvalue weighted by Crippen LogP contribution is -2.49. The smallest absolute Gasteiger partial charge is 0.224 e. The van der Waals surface area contributed by atoms with Gasteiger partial charge in [-0.25, -0.2) is 4.68 Å². The van der Waals surface area contributed by atoms with Crippen LogP contribution in [-0.2, 0) is 17.8 Å². The van der Waals surface area contributed by atoms with Crippen molar-refractivity contribution in [3.63, 3.8) is 0 Å². The van der Waals surface area contributed by atoms with E-state index in [0.29, 0.717) is 19.0 Å². The molecule has 0 N–H and O–H groups in total. The summed E-state index contributed by atoms with van der Waals surface area (Å²) in [5, 5.41) is 11.0. The molecule has 2 aromatic rings. The Balaban J connectivity index is 1.45. The zero-order valence-electron chi connectivity index (χ0n) is 14.8. The van der Waals surface area contributed by atoms with E-state index in [-0.39, 0.29) is 5.91 Å². The maximum Gasteiger partial charge on any atom is 0.224 e. The Labute approximate surface area is 148 Å². The molecule has 1 aliphatic heterocycles. The minimum atomic E-state index is 0.158. The summed E-state index contributed by atoms with van der Waals surface area (Å²) in [6.07, 6.45) is 5.25. The number of aromatic nitrogens is 4. The van der Waals surface area contributed by atoms with Crippen molar-refractivity contribution in [1.82, 2.24) is 30.0 Å². The number of amides is 1. The van der Waals surface area contributed by atoms with Crippen LogP contribution >= 0.6 is 0 Å². The van der Waals surface area contributed by atoms with Crippen molar-refractivity contribution in [3.05, 3.63) is 42.2 Å². The standard InChI is InChI=1S/C18H26N6O/c1-22(18(25)10-13-24-15-19-20-21-24)17-8-5-11-23(14-17)12-9-16-6-3-2-4-7-16/h2-4,6-7,15,17H,5,8-14H2,1H3/t17-/m0/s1. The Bertz CT molecular complexity index is 645. The topological polar surface area (TPSA) is 67.2 Å². The van der Waals surface area contributed by atoms with Crippen molar-refractivity contribution < 1.29 is 4.79 Å². The van der Waals surface area contributed by atoms with E-state index in [0.717, 1.165) is 38.9 Å². The summed E-state index contributed by atoms with van der Waals surface area (Å²) in [6.45, 7) is 3.66. The number of hydrogen-bond donors (Lipinski definition) is 0. The highest BCUT2D eigenvalue weighted by atomic mass is 16.2. The fourth-order valence-electron chi connectivity index (χ4n) is 3.36. The van der Waals surface area contributed by atoms with E-state index in [2.05, 4.69) is 50.8 Å². The first-order chi connectivity index (χ1) is 12.2. The molecule has 25 heavy (non-hydrogen) atoms. The number of rotatable bonds is 7. The van der Waals surface area contributed by atoms with Gasteiger partial charge in [-0.15, -0.1) is 5.10 Å². The molecule has 1 aliphatic rings. The minimum absolute atomic E-state index is 0.158. The first-order valence-corrected chi connectivity index (χ1v) is 8.95. The van der Waals surface area contributed by atoms with Gasteiger partial charge in [-0.05, 0) is 41.8 Å². The van der Waals surface area contributed by atoms with Gasteiger partial charge < -0.3 is 9.80 Å². The predicted octanol–water partition coefficient (Wildman–Crippen LogP) is 1.23. The number of nitrogens with zero attached hydrogens (tertiary/aromatic N) is 6. The van der Waals surface area contributed by atoms with E-state index in [4.69, 9.17) is 0 Å². The molecule has 3 rings (SSSR count). The van der Waals surface area contributed by atoms with Crippen molar-refractivity contribution in [2.24, 2.45) is 0 Å². The van der Waals surface area contributed by atoms with Gasteiger partial charge in [0.1, 0.15) is 6.33 Å². The number of carbonyl (C=O) groups is 1. The molecule has 1 saturated heterocycles. The largest absolute Gasteiger partial charge is 0.341 e. The van der Waals surface area contributed by atoms with E-state index < -0.39 is 0 Å². The molecule has 134 valence electrons. The number of hydrogen-bond acceptors (Lipinski definition) is 5. The van der Waals surface area contributed by atoms with Crippen LogP contribution in [0.3, 0.4) is 0 Å². The third-order valence-electron chi connectivity index (χ3n) is 4.93. The van der Waals surface area contributed by atoms with Gasteiger partial charge in [0.05, 0.1) is 6.54 Å². The molecule has 2 heterocycles. The number of benzene rings is 1. The minimum Gasteiger partial charge on any atom is -0.341 e. The maximum atomic E-state index is 12.4. The first-order valence-electron chi connectivity index (χ1n) is 8.95. The van der Waals surface area contributed by atoms with Crippen molar-refractivity contribution >= 4 is 5.91 Å². The molecular weight excluding hydrogens is 316 g/mol. The summed E-state index contributed by atoms with van der Waals surface area (Å²) in [7, 11) is 1.92. The van der Waals surface area contributed by atoms with Crippen LogP contribution in [0.15, 0.2) is 36.7 Å². The third kappa shape index (κ3) is 5.09. The first kappa shape index (κ1) is 17.5. The molecule has 1 amide bonds. The summed E-state index contributed by atoms with van der Waals surface area (Å²) in [4.78, 5) is 16.8. The van der Waals surface area contributed by atoms with Crippen LogP contribution < -0.4 is 0 Å². The molecule has 0 radical (unpaired) electrons. The number of likely N-dealkylation sites (N-methyl/N-ethyl adjacent to an activating group) is 1. The maximum absolute atomic E-state index is 12.4. The van der Waals surface area contributed by atoms with Crippen molar-refractivity contribution in [1.29, 1.82) is 0 Å². The fourth-order valence-corrected chi connectivity index (χ4v) is 3.36. The molecule has 7 nitrogen and oxygen atoms in total. The average molecular weight is 342 g/mol. The van der Waals surface area contributed by atoms with E-state index >= 15 is 0 Å². The van der Waals surface area contributed by atoms with Crippen molar-refractivity contribution in [3.8, 4) is 0 Å². The molecule has 0 aliphatic carbocycles.